The number of ether oxygens (including phenoxy) is 3. The first-order valence-electron chi connectivity index (χ1n) is 11.6. The Kier molecular flexibility index (Phi) is 7.79. The lowest BCUT2D eigenvalue weighted by Gasteiger charge is -2.28. The normalized spacial score (nSPS) is 21.4. The standard InChI is InChI=1S/C26H34N2O4/c1-30-24-10-3-2-9-23(24)22-8-4-7-21(19-22)20-26(11-5-16-32-26)25(29)27-12-6-13-28-14-17-31-18-15-28/h2-4,7-10,19H,5-6,11-18,20H2,1H3,(H,27,29)/t26-/m1/s1. The molecule has 0 unspecified atom stereocenters. The van der Waals surface area contributed by atoms with Crippen LogP contribution in [0.2, 0.25) is 0 Å². The molecule has 2 aromatic carbocycles. The summed E-state index contributed by atoms with van der Waals surface area (Å²) in [6.07, 6.45) is 3.17. The van der Waals surface area contributed by atoms with E-state index < -0.39 is 5.60 Å². The van der Waals surface area contributed by atoms with Crippen LogP contribution < -0.4 is 10.1 Å². The molecule has 1 atom stereocenters. The Morgan fingerprint density at radius 2 is 1.97 bits per heavy atom. The molecular weight excluding hydrogens is 404 g/mol. The SMILES string of the molecule is COc1ccccc1-c1cccc(C[C@@]2(C(=O)NCCCN3CCOCC3)CCCO2)c1. The number of para-hydroxylation sites is 1. The van der Waals surface area contributed by atoms with Gasteiger partial charge in [0.05, 0.1) is 20.3 Å². The van der Waals surface area contributed by atoms with Gasteiger partial charge < -0.3 is 19.5 Å². The van der Waals surface area contributed by atoms with Crippen LogP contribution in [0.5, 0.6) is 5.75 Å². The van der Waals surface area contributed by atoms with Crippen molar-refractivity contribution in [1.82, 2.24) is 10.2 Å². The lowest BCUT2D eigenvalue weighted by atomic mass is 9.89. The van der Waals surface area contributed by atoms with Gasteiger partial charge >= 0.3 is 0 Å². The van der Waals surface area contributed by atoms with Crippen LogP contribution in [0.1, 0.15) is 24.8 Å². The second-order valence-electron chi connectivity index (χ2n) is 8.59. The van der Waals surface area contributed by atoms with E-state index in [1.807, 2.05) is 24.3 Å². The molecule has 6 nitrogen and oxygen atoms in total. The van der Waals surface area contributed by atoms with Crippen molar-refractivity contribution in [3.63, 3.8) is 0 Å². The summed E-state index contributed by atoms with van der Waals surface area (Å²) in [6.45, 7) is 5.84. The predicted octanol–water partition coefficient (Wildman–Crippen LogP) is 3.29. The summed E-state index contributed by atoms with van der Waals surface area (Å²) in [5.41, 5.74) is 2.45. The number of carbonyl (C=O) groups is 1. The van der Waals surface area contributed by atoms with Crippen LogP contribution in [0.4, 0.5) is 0 Å². The lowest BCUT2D eigenvalue weighted by molar-refractivity contribution is -0.141. The zero-order valence-electron chi connectivity index (χ0n) is 19.0. The van der Waals surface area contributed by atoms with Crippen molar-refractivity contribution in [2.75, 3.05) is 53.1 Å². The van der Waals surface area contributed by atoms with E-state index in [4.69, 9.17) is 14.2 Å². The smallest absolute Gasteiger partial charge is 0.252 e. The maximum absolute atomic E-state index is 13.2. The highest BCUT2D eigenvalue weighted by atomic mass is 16.5. The summed E-state index contributed by atoms with van der Waals surface area (Å²) in [5, 5.41) is 3.15. The fraction of sp³-hybridized carbons (Fsp3) is 0.500. The number of carbonyl (C=O) groups excluding carboxylic acids is 1. The Morgan fingerprint density at radius 3 is 2.75 bits per heavy atom. The van der Waals surface area contributed by atoms with Gasteiger partial charge in [-0.2, -0.15) is 0 Å². The van der Waals surface area contributed by atoms with E-state index in [2.05, 4.69) is 34.5 Å². The summed E-state index contributed by atoms with van der Waals surface area (Å²) in [7, 11) is 1.69. The highest BCUT2D eigenvalue weighted by Crippen LogP contribution is 2.33. The Bertz CT molecular complexity index is 889. The van der Waals surface area contributed by atoms with Crippen molar-refractivity contribution >= 4 is 5.91 Å². The number of hydrogen-bond donors (Lipinski definition) is 1. The molecule has 0 aliphatic carbocycles. The maximum atomic E-state index is 13.2. The molecule has 6 heteroatoms. The first-order chi connectivity index (χ1) is 15.7. The molecule has 2 aromatic rings. The molecule has 172 valence electrons. The summed E-state index contributed by atoms with van der Waals surface area (Å²) < 4.78 is 17.0. The highest BCUT2D eigenvalue weighted by molar-refractivity contribution is 5.86. The summed E-state index contributed by atoms with van der Waals surface area (Å²) in [5.74, 6) is 0.856. The molecule has 2 aliphatic heterocycles. The Hall–Kier alpha value is -2.41. The molecule has 2 heterocycles. The van der Waals surface area contributed by atoms with E-state index in [1.165, 1.54) is 0 Å². The van der Waals surface area contributed by atoms with Crippen LogP contribution in [0.15, 0.2) is 48.5 Å². The molecule has 32 heavy (non-hydrogen) atoms. The number of nitrogens with one attached hydrogen (secondary N) is 1. The van der Waals surface area contributed by atoms with E-state index in [1.54, 1.807) is 7.11 Å². The van der Waals surface area contributed by atoms with Gasteiger partial charge in [-0.3, -0.25) is 9.69 Å². The zero-order chi connectivity index (χ0) is 22.2. The average molecular weight is 439 g/mol. The number of rotatable bonds is 9. The molecule has 0 bridgehead atoms. The first kappa shape index (κ1) is 22.8. The lowest BCUT2D eigenvalue weighted by Crippen LogP contribution is -2.48. The van der Waals surface area contributed by atoms with Gasteiger partial charge in [0, 0.05) is 38.2 Å². The number of nitrogens with zero attached hydrogens (tertiary/aromatic N) is 1. The largest absolute Gasteiger partial charge is 0.496 e. The van der Waals surface area contributed by atoms with Crippen LogP contribution in [-0.4, -0.2) is 69.5 Å². The van der Waals surface area contributed by atoms with Gasteiger partial charge in [-0.05, 0) is 43.0 Å². The second-order valence-corrected chi connectivity index (χ2v) is 8.59. The Balaban J connectivity index is 1.39. The van der Waals surface area contributed by atoms with Crippen molar-refractivity contribution in [2.45, 2.75) is 31.3 Å². The molecule has 1 N–H and O–H groups in total. The van der Waals surface area contributed by atoms with Crippen LogP contribution in [0.25, 0.3) is 11.1 Å². The third-order valence-corrected chi connectivity index (χ3v) is 6.39. The van der Waals surface area contributed by atoms with Crippen LogP contribution >= 0.6 is 0 Å². The molecule has 2 saturated heterocycles. The summed E-state index contributed by atoms with van der Waals surface area (Å²) in [6, 6.07) is 16.3. The van der Waals surface area contributed by atoms with Gasteiger partial charge in [0.15, 0.2) is 5.60 Å². The van der Waals surface area contributed by atoms with E-state index in [0.717, 1.165) is 74.6 Å². The van der Waals surface area contributed by atoms with E-state index in [0.29, 0.717) is 19.6 Å². The molecule has 0 spiro atoms. The van der Waals surface area contributed by atoms with Gasteiger partial charge in [0.2, 0.25) is 0 Å². The van der Waals surface area contributed by atoms with E-state index >= 15 is 0 Å². The maximum Gasteiger partial charge on any atom is 0.252 e. The topological polar surface area (TPSA) is 60.0 Å². The van der Waals surface area contributed by atoms with Gasteiger partial charge in [0.1, 0.15) is 5.75 Å². The van der Waals surface area contributed by atoms with Crippen molar-refractivity contribution in [1.29, 1.82) is 0 Å². The Labute approximate surface area is 190 Å². The van der Waals surface area contributed by atoms with Crippen LogP contribution in [0, 0.1) is 0 Å². The van der Waals surface area contributed by atoms with Crippen molar-refractivity contribution in [3.8, 4) is 16.9 Å². The molecule has 1 amide bonds. The van der Waals surface area contributed by atoms with Crippen molar-refractivity contribution in [3.05, 3.63) is 54.1 Å². The zero-order valence-corrected chi connectivity index (χ0v) is 19.0. The second kappa shape index (κ2) is 10.9. The number of hydrogen-bond acceptors (Lipinski definition) is 5. The molecular formula is C26H34N2O4. The highest BCUT2D eigenvalue weighted by Gasteiger charge is 2.42. The monoisotopic (exact) mass is 438 g/mol. The predicted molar refractivity (Wildman–Crippen MR) is 125 cm³/mol. The summed E-state index contributed by atoms with van der Waals surface area (Å²) in [4.78, 5) is 15.6. The number of morpholine rings is 1. The van der Waals surface area contributed by atoms with Crippen molar-refractivity contribution in [2.24, 2.45) is 0 Å². The molecule has 4 rings (SSSR count). The minimum absolute atomic E-state index is 0.0136. The van der Waals surface area contributed by atoms with E-state index in [9.17, 15) is 4.79 Å². The third-order valence-electron chi connectivity index (χ3n) is 6.39. The van der Waals surface area contributed by atoms with Crippen LogP contribution in [0.3, 0.4) is 0 Å². The summed E-state index contributed by atoms with van der Waals surface area (Å²) >= 11 is 0. The molecule has 0 aromatic heterocycles. The molecule has 0 radical (unpaired) electrons. The molecule has 2 aliphatic rings. The van der Waals surface area contributed by atoms with E-state index in [-0.39, 0.29) is 5.91 Å². The van der Waals surface area contributed by atoms with Crippen LogP contribution in [-0.2, 0) is 20.7 Å². The fourth-order valence-electron chi connectivity index (χ4n) is 4.65. The van der Waals surface area contributed by atoms with Gasteiger partial charge in [-0.15, -0.1) is 0 Å². The third kappa shape index (κ3) is 5.49. The van der Waals surface area contributed by atoms with Gasteiger partial charge in [-0.1, -0.05) is 42.5 Å². The number of methoxy groups -OCH3 is 1. The number of amides is 1. The van der Waals surface area contributed by atoms with Crippen molar-refractivity contribution < 1.29 is 19.0 Å². The molecule has 2 fully saturated rings. The number of benzene rings is 2. The minimum atomic E-state index is -0.779. The first-order valence-corrected chi connectivity index (χ1v) is 11.6. The fourth-order valence-corrected chi connectivity index (χ4v) is 4.65. The quantitative estimate of drug-likeness (QED) is 0.609. The van der Waals surface area contributed by atoms with Gasteiger partial charge in [-0.25, -0.2) is 0 Å². The Morgan fingerprint density at radius 1 is 1.12 bits per heavy atom. The molecule has 0 saturated carbocycles. The average Bonchev–Trinajstić information content (AvgIpc) is 3.32. The minimum Gasteiger partial charge on any atom is -0.496 e. The van der Waals surface area contributed by atoms with Gasteiger partial charge in [0.25, 0.3) is 5.91 Å².